The number of hydrogen-bond donors (Lipinski definition) is 1. The molecule has 6 nitrogen and oxygen atoms in total. The predicted octanol–water partition coefficient (Wildman–Crippen LogP) is 3.83. The summed E-state index contributed by atoms with van der Waals surface area (Å²) in [6.07, 6.45) is 5.27. The lowest BCUT2D eigenvalue weighted by Crippen LogP contribution is -2.42. The number of aromatic nitrogens is 2. The van der Waals surface area contributed by atoms with E-state index in [4.69, 9.17) is 4.74 Å². The van der Waals surface area contributed by atoms with Crippen molar-refractivity contribution in [2.75, 3.05) is 13.1 Å². The van der Waals surface area contributed by atoms with E-state index in [0.29, 0.717) is 13.1 Å². The summed E-state index contributed by atoms with van der Waals surface area (Å²) in [6.45, 7) is 6.97. The van der Waals surface area contributed by atoms with E-state index >= 15 is 0 Å². The van der Waals surface area contributed by atoms with Crippen LogP contribution in [0.15, 0.2) is 36.7 Å². The monoisotopic (exact) mass is 343 g/mol. The summed E-state index contributed by atoms with van der Waals surface area (Å²) in [4.78, 5) is 13.9. The fraction of sp³-hybridized carbons (Fsp3) is 0.474. The number of aromatic hydroxyl groups is 1. The molecule has 1 saturated heterocycles. The van der Waals surface area contributed by atoms with Gasteiger partial charge in [0.15, 0.2) is 0 Å². The molecule has 1 aromatic heterocycles. The van der Waals surface area contributed by atoms with Crippen LogP contribution in [0.2, 0.25) is 0 Å². The van der Waals surface area contributed by atoms with Crippen molar-refractivity contribution < 1.29 is 14.6 Å². The fourth-order valence-electron chi connectivity index (χ4n) is 3.01. The van der Waals surface area contributed by atoms with Gasteiger partial charge in [0.2, 0.25) is 0 Å². The molecule has 0 bridgehead atoms. The third kappa shape index (κ3) is 4.32. The molecule has 0 aliphatic carbocycles. The number of phenols is 1. The summed E-state index contributed by atoms with van der Waals surface area (Å²) in [5.74, 6) is 0.246. The van der Waals surface area contributed by atoms with Crippen molar-refractivity contribution in [2.24, 2.45) is 0 Å². The Kier molecular flexibility index (Phi) is 4.70. The molecule has 1 aliphatic rings. The molecular weight excluding hydrogens is 318 g/mol. The minimum Gasteiger partial charge on any atom is -0.508 e. The van der Waals surface area contributed by atoms with Gasteiger partial charge in [-0.25, -0.2) is 4.79 Å². The topological polar surface area (TPSA) is 67.6 Å². The number of benzene rings is 1. The first-order valence-electron chi connectivity index (χ1n) is 8.63. The van der Waals surface area contributed by atoms with Crippen molar-refractivity contribution >= 4 is 6.09 Å². The fourth-order valence-corrected chi connectivity index (χ4v) is 3.01. The first-order valence-corrected chi connectivity index (χ1v) is 8.63. The Labute approximate surface area is 148 Å². The van der Waals surface area contributed by atoms with E-state index in [1.54, 1.807) is 17.0 Å². The molecule has 134 valence electrons. The standard InChI is InChI=1S/C19H25N3O3/c1-19(2,3)25-18(24)21-9-7-16(8-10-21)22-13-15(12-20-22)14-5-4-6-17(23)11-14/h4-6,11-13,16,23H,7-10H2,1-3H3. The second-order valence-corrected chi connectivity index (χ2v) is 7.46. The molecule has 0 saturated carbocycles. The highest BCUT2D eigenvalue weighted by Gasteiger charge is 2.27. The highest BCUT2D eigenvalue weighted by molar-refractivity contribution is 5.68. The van der Waals surface area contributed by atoms with Crippen molar-refractivity contribution in [3.05, 3.63) is 36.7 Å². The third-order valence-corrected chi connectivity index (χ3v) is 4.27. The zero-order chi connectivity index (χ0) is 18.0. The van der Waals surface area contributed by atoms with Crippen molar-refractivity contribution in [3.63, 3.8) is 0 Å². The SMILES string of the molecule is CC(C)(C)OC(=O)N1CCC(n2cc(-c3cccc(O)c3)cn2)CC1. The molecule has 1 aliphatic heterocycles. The molecule has 0 radical (unpaired) electrons. The number of phenolic OH excluding ortho intramolecular Hbond substituents is 1. The lowest BCUT2D eigenvalue weighted by Gasteiger charge is -2.33. The lowest BCUT2D eigenvalue weighted by molar-refractivity contribution is 0.0185. The van der Waals surface area contributed by atoms with Gasteiger partial charge in [-0.1, -0.05) is 12.1 Å². The van der Waals surface area contributed by atoms with Crippen LogP contribution in [0.5, 0.6) is 5.75 Å². The Hall–Kier alpha value is -2.50. The van der Waals surface area contributed by atoms with Crippen LogP contribution in [0, 0.1) is 0 Å². The van der Waals surface area contributed by atoms with Gasteiger partial charge in [-0.15, -0.1) is 0 Å². The molecular formula is C19H25N3O3. The van der Waals surface area contributed by atoms with Gasteiger partial charge < -0.3 is 14.7 Å². The molecule has 6 heteroatoms. The number of rotatable bonds is 2. The van der Waals surface area contributed by atoms with Crippen LogP contribution < -0.4 is 0 Å². The van der Waals surface area contributed by atoms with Crippen LogP contribution in [0.3, 0.4) is 0 Å². The Morgan fingerprint density at radius 3 is 2.60 bits per heavy atom. The number of hydrogen-bond acceptors (Lipinski definition) is 4. The van der Waals surface area contributed by atoms with Gasteiger partial charge >= 0.3 is 6.09 Å². The molecule has 0 unspecified atom stereocenters. The zero-order valence-corrected chi connectivity index (χ0v) is 15.0. The van der Waals surface area contributed by atoms with Crippen LogP contribution in [0.1, 0.15) is 39.7 Å². The number of carbonyl (C=O) groups excluding carboxylic acids is 1. The summed E-state index contributed by atoms with van der Waals surface area (Å²) in [5.41, 5.74) is 1.45. The van der Waals surface area contributed by atoms with Crippen molar-refractivity contribution in [1.82, 2.24) is 14.7 Å². The Balaban J connectivity index is 1.61. The Morgan fingerprint density at radius 1 is 1.24 bits per heavy atom. The third-order valence-electron chi connectivity index (χ3n) is 4.27. The van der Waals surface area contributed by atoms with E-state index < -0.39 is 5.60 Å². The highest BCUT2D eigenvalue weighted by atomic mass is 16.6. The Morgan fingerprint density at radius 2 is 1.96 bits per heavy atom. The summed E-state index contributed by atoms with van der Waals surface area (Å²) in [7, 11) is 0. The van der Waals surface area contributed by atoms with Crippen molar-refractivity contribution in [3.8, 4) is 16.9 Å². The first kappa shape index (κ1) is 17.3. The van der Waals surface area contributed by atoms with Crippen LogP contribution in [0.25, 0.3) is 11.1 Å². The van der Waals surface area contributed by atoms with Gasteiger partial charge in [-0.3, -0.25) is 4.68 Å². The van der Waals surface area contributed by atoms with Gasteiger partial charge in [-0.2, -0.15) is 5.10 Å². The molecule has 0 atom stereocenters. The summed E-state index contributed by atoms with van der Waals surface area (Å²) in [6, 6.07) is 7.42. The average molecular weight is 343 g/mol. The largest absolute Gasteiger partial charge is 0.508 e. The molecule has 3 rings (SSSR count). The maximum absolute atomic E-state index is 12.1. The molecule has 0 spiro atoms. The van der Waals surface area contributed by atoms with E-state index in [1.807, 2.05) is 50.0 Å². The van der Waals surface area contributed by atoms with E-state index in [2.05, 4.69) is 5.10 Å². The van der Waals surface area contributed by atoms with Crippen LogP contribution >= 0.6 is 0 Å². The number of piperidine rings is 1. The van der Waals surface area contributed by atoms with E-state index in [0.717, 1.165) is 24.0 Å². The molecule has 2 aromatic rings. The smallest absolute Gasteiger partial charge is 0.410 e. The maximum Gasteiger partial charge on any atom is 0.410 e. The van der Waals surface area contributed by atoms with Crippen LogP contribution in [0.4, 0.5) is 4.79 Å². The van der Waals surface area contributed by atoms with Crippen molar-refractivity contribution in [1.29, 1.82) is 0 Å². The number of carbonyl (C=O) groups is 1. The second kappa shape index (κ2) is 6.78. The van der Waals surface area contributed by atoms with Gasteiger partial charge in [0.25, 0.3) is 0 Å². The van der Waals surface area contributed by atoms with Gasteiger partial charge in [-0.05, 0) is 51.3 Å². The Bertz CT molecular complexity index is 740. The normalized spacial score (nSPS) is 16.0. The summed E-state index contributed by atoms with van der Waals surface area (Å²) < 4.78 is 7.40. The van der Waals surface area contributed by atoms with E-state index in [-0.39, 0.29) is 17.9 Å². The number of likely N-dealkylation sites (tertiary alicyclic amines) is 1. The maximum atomic E-state index is 12.1. The van der Waals surface area contributed by atoms with Gasteiger partial charge in [0.05, 0.1) is 12.2 Å². The molecule has 25 heavy (non-hydrogen) atoms. The van der Waals surface area contributed by atoms with Crippen LogP contribution in [-0.2, 0) is 4.74 Å². The minimum absolute atomic E-state index is 0.244. The molecule has 1 N–H and O–H groups in total. The highest BCUT2D eigenvalue weighted by Crippen LogP contribution is 2.27. The van der Waals surface area contributed by atoms with Crippen LogP contribution in [-0.4, -0.2) is 44.6 Å². The van der Waals surface area contributed by atoms with Crippen molar-refractivity contribution in [2.45, 2.75) is 45.3 Å². The predicted molar refractivity (Wildman–Crippen MR) is 95.4 cm³/mol. The minimum atomic E-state index is -0.466. The number of nitrogens with zero attached hydrogens (tertiary/aromatic N) is 3. The van der Waals surface area contributed by atoms with E-state index in [9.17, 15) is 9.90 Å². The quantitative estimate of drug-likeness (QED) is 0.900. The molecule has 1 fully saturated rings. The van der Waals surface area contributed by atoms with E-state index in [1.165, 1.54) is 0 Å². The molecule has 1 aromatic carbocycles. The molecule has 1 amide bonds. The average Bonchev–Trinajstić information content (AvgIpc) is 3.03. The van der Waals surface area contributed by atoms with Gasteiger partial charge in [0, 0.05) is 24.8 Å². The second-order valence-electron chi connectivity index (χ2n) is 7.46. The summed E-state index contributed by atoms with van der Waals surface area (Å²) in [5, 5.41) is 14.1. The molecule has 2 heterocycles. The lowest BCUT2D eigenvalue weighted by atomic mass is 10.1. The zero-order valence-electron chi connectivity index (χ0n) is 15.0. The number of ether oxygens (including phenoxy) is 1. The number of amides is 1. The first-order chi connectivity index (χ1) is 11.8. The summed E-state index contributed by atoms with van der Waals surface area (Å²) >= 11 is 0. The van der Waals surface area contributed by atoms with Gasteiger partial charge in [0.1, 0.15) is 11.4 Å².